The van der Waals surface area contributed by atoms with E-state index in [1.807, 2.05) is 19.4 Å². The first-order valence-electron chi connectivity index (χ1n) is 9.49. The molecule has 3 aromatic rings. The molecule has 0 radical (unpaired) electrons. The van der Waals surface area contributed by atoms with Crippen LogP contribution in [0.2, 0.25) is 0 Å². The van der Waals surface area contributed by atoms with Crippen LogP contribution in [-0.4, -0.2) is 36.3 Å². The minimum absolute atomic E-state index is 0.0544. The summed E-state index contributed by atoms with van der Waals surface area (Å²) >= 11 is 0. The molecule has 0 amide bonds. The van der Waals surface area contributed by atoms with Gasteiger partial charge in [-0.1, -0.05) is 0 Å². The van der Waals surface area contributed by atoms with Gasteiger partial charge in [0.05, 0.1) is 11.9 Å². The third kappa shape index (κ3) is 4.28. The number of piperidine rings is 1. The molecule has 1 N–H and O–H groups in total. The average molecular weight is 433 g/mol. The summed E-state index contributed by atoms with van der Waals surface area (Å²) in [5, 5.41) is 4.23. The third-order valence-electron chi connectivity index (χ3n) is 5.22. The van der Waals surface area contributed by atoms with E-state index in [2.05, 4.69) is 19.7 Å². The SMILES string of the molecule is Cn1cc(C2CCN(c3ccc(S(=O)(=O)Nc4ccc(F)c(F)c4)cn3)CC2)cn1. The molecule has 2 aromatic heterocycles. The van der Waals surface area contributed by atoms with E-state index in [0.717, 1.165) is 44.1 Å². The van der Waals surface area contributed by atoms with Gasteiger partial charge in [-0.15, -0.1) is 0 Å². The summed E-state index contributed by atoms with van der Waals surface area (Å²) in [5.41, 5.74) is 1.17. The normalized spacial score (nSPS) is 15.4. The zero-order chi connectivity index (χ0) is 21.3. The molecular formula is C20H21F2N5O2S. The van der Waals surface area contributed by atoms with E-state index in [1.54, 1.807) is 10.7 Å². The van der Waals surface area contributed by atoms with Crippen molar-refractivity contribution in [3.8, 4) is 0 Å². The smallest absolute Gasteiger partial charge is 0.263 e. The van der Waals surface area contributed by atoms with Crippen molar-refractivity contribution in [3.63, 3.8) is 0 Å². The minimum Gasteiger partial charge on any atom is -0.357 e. The first-order valence-corrected chi connectivity index (χ1v) is 11.0. The second kappa shape index (κ2) is 8.02. The monoisotopic (exact) mass is 433 g/mol. The molecule has 7 nitrogen and oxygen atoms in total. The number of pyridine rings is 1. The first-order chi connectivity index (χ1) is 14.3. The summed E-state index contributed by atoms with van der Waals surface area (Å²) < 4.78 is 55.4. The standard InChI is InChI=1S/C20H21F2N5O2S/c1-26-13-15(11-24-26)14-6-8-27(9-7-14)20-5-3-17(12-23-20)30(28,29)25-16-2-4-18(21)19(22)10-16/h2-5,10-14,25H,6-9H2,1H3. The molecule has 4 rings (SSSR count). The molecule has 0 saturated carbocycles. The number of aromatic nitrogens is 3. The number of halogens is 2. The predicted molar refractivity (Wildman–Crippen MR) is 109 cm³/mol. The van der Waals surface area contributed by atoms with E-state index in [0.29, 0.717) is 11.7 Å². The van der Waals surface area contributed by atoms with Gasteiger partial charge < -0.3 is 4.90 Å². The van der Waals surface area contributed by atoms with Crippen LogP contribution in [0.4, 0.5) is 20.3 Å². The zero-order valence-corrected chi connectivity index (χ0v) is 17.1. The lowest BCUT2D eigenvalue weighted by Crippen LogP contribution is -2.33. The minimum atomic E-state index is -3.96. The van der Waals surface area contributed by atoms with Crippen molar-refractivity contribution >= 4 is 21.5 Å². The van der Waals surface area contributed by atoms with E-state index < -0.39 is 21.7 Å². The van der Waals surface area contributed by atoms with Crippen LogP contribution >= 0.6 is 0 Å². The van der Waals surface area contributed by atoms with E-state index >= 15 is 0 Å². The summed E-state index contributed by atoms with van der Waals surface area (Å²) in [4.78, 5) is 6.36. The van der Waals surface area contributed by atoms with E-state index in [9.17, 15) is 17.2 Å². The number of rotatable bonds is 5. The number of sulfonamides is 1. The number of nitrogens with zero attached hydrogens (tertiary/aromatic N) is 4. The van der Waals surface area contributed by atoms with Crippen LogP contribution in [0.3, 0.4) is 0 Å². The van der Waals surface area contributed by atoms with Crippen LogP contribution < -0.4 is 9.62 Å². The summed E-state index contributed by atoms with van der Waals surface area (Å²) in [7, 11) is -2.06. The number of benzene rings is 1. The van der Waals surface area contributed by atoms with Crippen LogP contribution in [0.1, 0.15) is 24.3 Å². The Hall–Kier alpha value is -3.01. The second-order valence-corrected chi connectivity index (χ2v) is 8.98. The topological polar surface area (TPSA) is 80.1 Å². The molecule has 10 heteroatoms. The fraction of sp³-hybridized carbons (Fsp3) is 0.300. The highest BCUT2D eigenvalue weighted by Crippen LogP contribution is 2.29. The third-order valence-corrected chi connectivity index (χ3v) is 6.58. The van der Waals surface area contributed by atoms with Crippen molar-refractivity contribution < 1.29 is 17.2 Å². The molecule has 158 valence electrons. The fourth-order valence-electron chi connectivity index (χ4n) is 3.59. The molecule has 1 saturated heterocycles. The lowest BCUT2D eigenvalue weighted by molar-refractivity contribution is 0.502. The molecule has 1 aliphatic rings. The second-order valence-electron chi connectivity index (χ2n) is 7.30. The zero-order valence-electron chi connectivity index (χ0n) is 16.3. The molecule has 0 unspecified atom stereocenters. The van der Waals surface area contributed by atoms with Gasteiger partial charge in [-0.2, -0.15) is 5.10 Å². The van der Waals surface area contributed by atoms with Gasteiger partial charge in [0, 0.05) is 38.6 Å². The Bertz CT molecular complexity index is 1140. The largest absolute Gasteiger partial charge is 0.357 e. The molecule has 3 heterocycles. The summed E-state index contributed by atoms with van der Waals surface area (Å²) in [5.74, 6) is -1.02. The van der Waals surface area contributed by atoms with E-state index in [1.165, 1.54) is 17.8 Å². The average Bonchev–Trinajstić information content (AvgIpc) is 3.17. The highest BCUT2D eigenvalue weighted by Gasteiger charge is 2.23. The first kappa shape index (κ1) is 20.3. The highest BCUT2D eigenvalue weighted by atomic mass is 32.2. The number of hydrogen-bond acceptors (Lipinski definition) is 5. The van der Waals surface area contributed by atoms with Crippen LogP contribution in [0.15, 0.2) is 53.8 Å². The van der Waals surface area contributed by atoms with Gasteiger partial charge in [-0.05, 0) is 48.6 Å². The molecule has 30 heavy (non-hydrogen) atoms. The number of hydrogen-bond donors (Lipinski definition) is 1. The van der Waals surface area contributed by atoms with Crippen LogP contribution in [0, 0.1) is 11.6 Å². The molecule has 0 atom stereocenters. The van der Waals surface area contributed by atoms with E-state index in [4.69, 9.17) is 0 Å². The van der Waals surface area contributed by atoms with Gasteiger partial charge in [0.25, 0.3) is 10.0 Å². The van der Waals surface area contributed by atoms with Crippen molar-refractivity contribution in [2.75, 3.05) is 22.7 Å². The van der Waals surface area contributed by atoms with Crippen LogP contribution in [0.25, 0.3) is 0 Å². The summed E-state index contributed by atoms with van der Waals surface area (Å²) in [6.07, 6.45) is 7.14. The Kier molecular flexibility index (Phi) is 5.42. The molecule has 0 aliphatic carbocycles. The maximum absolute atomic E-state index is 13.3. The van der Waals surface area contributed by atoms with Gasteiger partial charge >= 0.3 is 0 Å². The quantitative estimate of drug-likeness (QED) is 0.668. The Balaban J connectivity index is 1.41. The van der Waals surface area contributed by atoms with Crippen molar-refractivity contribution in [2.24, 2.45) is 7.05 Å². The van der Waals surface area contributed by atoms with Gasteiger partial charge in [0.15, 0.2) is 11.6 Å². The van der Waals surface area contributed by atoms with E-state index in [-0.39, 0.29) is 10.6 Å². The highest BCUT2D eigenvalue weighted by molar-refractivity contribution is 7.92. The molecule has 1 fully saturated rings. The maximum atomic E-state index is 13.3. The van der Waals surface area contributed by atoms with Crippen LogP contribution in [0.5, 0.6) is 0 Å². The molecule has 1 aliphatic heterocycles. The number of anilines is 2. The van der Waals surface area contributed by atoms with Gasteiger partial charge in [-0.25, -0.2) is 22.2 Å². The van der Waals surface area contributed by atoms with Gasteiger partial charge in [-0.3, -0.25) is 9.40 Å². The van der Waals surface area contributed by atoms with Crippen LogP contribution in [-0.2, 0) is 17.1 Å². The van der Waals surface area contributed by atoms with Gasteiger partial charge in [0.1, 0.15) is 10.7 Å². The molecule has 1 aromatic carbocycles. The molecular weight excluding hydrogens is 412 g/mol. The maximum Gasteiger partial charge on any atom is 0.263 e. The predicted octanol–water partition coefficient (Wildman–Crippen LogP) is 3.28. The van der Waals surface area contributed by atoms with Crippen molar-refractivity contribution in [2.45, 2.75) is 23.7 Å². The lowest BCUT2D eigenvalue weighted by atomic mass is 9.91. The Labute approximate surface area is 173 Å². The van der Waals surface area contributed by atoms with Gasteiger partial charge in [0.2, 0.25) is 0 Å². The van der Waals surface area contributed by atoms with Crippen molar-refractivity contribution in [3.05, 3.63) is 66.1 Å². The molecule has 0 spiro atoms. The number of aryl methyl sites for hydroxylation is 1. The van der Waals surface area contributed by atoms with Crippen molar-refractivity contribution in [1.82, 2.24) is 14.8 Å². The lowest BCUT2D eigenvalue weighted by Gasteiger charge is -2.32. The fourth-order valence-corrected chi connectivity index (χ4v) is 4.58. The van der Waals surface area contributed by atoms with Crippen molar-refractivity contribution in [1.29, 1.82) is 0 Å². The molecule has 0 bridgehead atoms. The Morgan fingerprint density at radius 2 is 1.83 bits per heavy atom. The number of nitrogens with one attached hydrogen (secondary N) is 1. The summed E-state index contributed by atoms with van der Waals surface area (Å²) in [6.45, 7) is 1.62. The summed E-state index contributed by atoms with van der Waals surface area (Å²) in [6, 6.07) is 5.93. The Morgan fingerprint density at radius 1 is 1.07 bits per heavy atom. The Morgan fingerprint density at radius 3 is 2.43 bits per heavy atom.